The van der Waals surface area contributed by atoms with Crippen molar-refractivity contribution in [3.63, 3.8) is 0 Å². The van der Waals surface area contributed by atoms with Crippen molar-refractivity contribution in [3.05, 3.63) is 22.8 Å². The third-order valence-electron chi connectivity index (χ3n) is 3.83. The molecule has 0 unspecified atom stereocenters. The van der Waals surface area contributed by atoms with Crippen LogP contribution in [0.2, 0.25) is 0 Å². The standard InChI is InChI=1S/C15H22BrNO/c1-2-3-12-4-6-13(7-5-12)11-18-15-9-8-14(16)10-17-15/h8-10,12-13H,2-7,11H2,1H3. The molecule has 0 bridgehead atoms. The third kappa shape index (κ3) is 4.27. The molecule has 100 valence electrons. The van der Waals surface area contributed by atoms with E-state index in [4.69, 9.17) is 4.74 Å². The molecule has 2 rings (SSSR count). The summed E-state index contributed by atoms with van der Waals surface area (Å²) < 4.78 is 6.76. The lowest BCUT2D eigenvalue weighted by atomic mass is 9.80. The third-order valence-corrected chi connectivity index (χ3v) is 4.30. The highest BCUT2D eigenvalue weighted by Gasteiger charge is 2.20. The van der Waals surface area contributed by atoms with Gasteiger partial charge in [-0.3, -0.25) is 0 Å². The highest BCUT2D eigenvalue weighted by Crippen LogP contribution is 2.31. The summed E-state index contributed by atoms with van der Waals surface area (Å²) in [4.78, 5) is 4.24. The minimum atomic E-state index is 0.726. The highest BCUT2D eigenvalue weighted by molar-refractivity contribution is 9.10. The maximum absolute atomic E-state index is 5.76. The monoisotopic (exact) mass is 311 g/mol. The zero-order valence-corrected chi connectivity index (χ0v) is 12.7. The number of aromatic nitrogens is 1. The van der Waals surface area contributed by atoms with Crippen molar-refractivity contribution in [1.29, 1.82) is 0 Å². The maximum Gasteiger partial charge on any atom is 0.213 e. The van der Waals surface area contributed by atoms with Gasteiger partial charge in [-0.15, -0.1) is 0 Å². The number of hydrogen-bond donors (Lipinski definition) is 0. The van der Waals surface area contributed by atoms with E-state index in [2.05, 4.69) is 27.8 Å². The molecule has 0 N–H and O–H groups in total. The molecule has 1 aliphatic rings. The van der Waals surface area contributed by atoms with Crippen LogP contribution in [0.25, 0.3) is 0 Å². The van der Waals surface area contributed by atoms with E-state index in [1.165, 1.54) is 38.5 Å². The first kappa shape index (κ1) is 13.9. The molecule has 1 aromatic rings. The van der Waals surface area contributed by atoms with Crippen LogP contribution in [-0.4, -0.2) is 11.6 Å². The number of pyridine rings is 1. The minimum Gasteiger partial charge on any atom is -0.477 e. The molecule has 1 fully saturated rings. The Morgan fingerprint density at radius 2 is 1.94 bits per heavy atom. The van der Waals surface area contributed by atoms with Crippen LogP contribution < -0.4 is 4.74 Å². The Kier molecular flexibility index (Phi) is 5.48. The van der Waals surface area contributed by atoms with Crippen LogP contribution in [0.1, 0.15) is 45.4 Å². The summed E-state index contributed by atoms with van der Waals surface area (Å²) in [5.41, 5.74) is 0. The quantitative estimate of drug-likeness (QED) is 0.777. The van der Waals surface area contributed by atoms with Crippen molar-refractivity contribution in [1.82, 2.24) is 4.98 Å². The Balaban J connectivity index is 1.70. The van der Waals surface area contributed by atoms with Crippen LogP contribution >= 0.6 is 15.9 Å². The second-order valence-corrected chi connectivity index (χ2v) is 6.22. The number of ether oxygens (including phenoxy) is 1. The van der Waals surface area contributed by atoms with E-state index in [0.29, 0.717) is 0 Å². The van der Waals surface area contributed by atoms with Gasteiger partial charge in [0.1, 0.15) is 0 Å². The fourth-order valence-electron chi connectivity index (χ4n) is 2.75. The lowest BCUT2D eigenvalue weighted by Crippen LogP contribution is -2.20. The van der Waals surface area contributed by atoms with E-state index in [0.717, 1.165) is 28.8 Å². The molecular weight excluding hydrogens is 290 g/mol. The van der Waals surface area contributed by atoms with Gasteiger partial charge < -0.3 is 4.74 Å². The van der Waals surface area contributed by atoms with E-state index in [-0.39, 0.29) is 0 Å². The largest absolute Gasteiger partial charge is 0.477 e. The Labute approximate surface area is 118 Å². The van der Waals surface area contributed by atoms with E-state index in [9.17, 15) is 0 Å². The topological polar surface area (TPSA) is 22.1 Å². The van der Waals surface area contributed by atoms with Crippen LogP contribution in [0.4, 0.5) is 0 Å². The summed E-state index contributed by atoms with van der Waals surface area (Å²) in [6.07, 6.45) is 9.93. The molecule has 3 heteroatoms. The van der Waals surface area contributed by atoms with Crippen molar-refractivity contribution < 1.29 is 4.74 Å². The Morgan fingerprint density at radius 1 is 1.22 bits per heavy atom. The summed E-state index contributed by atoms with van der Waals surface area (Å²) in [7, 11) is 0. The molecule has 0 spiro atoms. The first-order valence-electron chi connectivity index (χ1n) is 7.02. The smallest absolute Gasteiger partial charge is 0.213 e. The normalized spacial score (nSPS) is 23.9. The number of halogens is 1. The number of hydrogen-bond acceptors (Lipinski definition) is 2. The average molecular weight is 312 g/mol. The van der Waals surface area contributed by atoms with Gasteiger partial charge in [-0.2, -0.15) is 0 Å². The maximum atomic E-state index is 5.76. The van der Waals surface area contributed by atoms with Gasteiger partial charge in [-0.1, -0.05) is 32.6 Å². The van der Waals surface area contributed by atoms with Crippen LogP contribution in [0.5, 0.6) is 5.88 Å². The molecule has 1 saturated carbocycles. The summed E-state index contributed by atoms with van der Waals surface area (Å²) in [6, 6.07) is 3.90. The lowest BCUT2D eigenvalue weighted by Gasteiger charge is -2.28. The molecule has 0 aliphatic heterocycles. The molecule has 18 heavy (non-hydrogen) atoms. The van der Waals surface area contributed by atoms with Crippen molar-refractivity contribution >= 4 is 15.9 Å². The molecule has 1 heterocycles. The Bertz CT molecular complexity index is 344. The Morgan fingerprint density at radius 3 is 2.56 bits per heavy atom. The van der Waals surface area contributed by atoms with Crippen molar-refractivity contribution in [2.45, 2.75) is 45.4 Å². The SMILES string of the molecule is CCCC1CCC(COc2ccc(Br)cn2)CC1. The van der Waals surface area contributed by atoms with Gasteiger partial charge in [-0.05, 0) is 46.7 Å². The predicted octanol–water partition coefficient (Wildman–Crippen LogP) is 4.83. The van der Waals surface area contributed by atoms with Gasteiger partial charge in [-0.25, -0.2) is 4.98 Å². The average Bonchev–Trinajstić information content (AvgIpc) is 2.40. The van der Waals surface area contributed by atoms with Crippen LogP contribution in [-0.2, 0) is 0 Å². The fourth-order valence-corrected chi connectivity index (χ4v) is 2.98. The van der Waals surface area contributed by atoms with Crippen LogP contribution in [0, 0.1) is 11.8 Å². The summed E-state index contributed by atoms with van der Waals surface area (Å²) in [6.45, 7) is 3.11. The lowest BCUT2D eigenvalue weighted by molar-refractivity contribution is 0.174. The van der Waals surface area contributed by atoms with E-state index < -0.39 is 0 Å². The van der Waals surface area contributed by atoms with Gasteiger partial charge in [0.05, 0.1) is 6.61 Å². The molecule has 0 radical (unpaired) electrons. The van der Waals surface area contributed by atoms with Crippen molar-refractivity contribution in [2.75, 3.05) is 6.61 Å². The second-order valence-electron chi connectivity index (χ2n) is 5.30. The zero-order valence-electron chi connectivity index (χ0n) is 11.1. The highest BCUT2D eigenvalue weighted by atomic mass is 79.9. The molecule has 2 nitrogen and oxygen atoms in total. The van der Waals surface area contributed by atoms with E-state index >= 15 is 0 Å². The zero-order chi connectivity index (χ0) is 12.8. The molecule has 0 atom stereocenters. The van der Waals surface area contributed by atoms with Gasteiger partial charge >= 0.3 is 0 Å². The number of nitrogens with zero attached hydrogens (tertiary/aromatic N) is 1. The summed E-state index contributed by atoms with van der Waals surface area (Å²) in [5.74, 6) is 2.44. The van der Waals surface area contributed by atoms with Gasteiger partial charge in [0, 0.05) is 16.7 Å². The van der Waals surface area contributed by atoms with Crippen molar-refractivity contribution in [3.8, 4) is 5.88 Å². The van der Waals surface area contributed by atoms with Crippen molar-refractivity contribution in [2.24, 2.45) is 11.8 Å². The van der Waals surface area contributed by atoms with Gasteiger partial charge in [0.15, 0.2) is 0 Å². The second kappa shape index (κ2) is 7.13. The summed E-state index contributed by atoms with van der Waals surface area (Å²) >= 11 is 3.38. The summed E-state index contributed by atoms with van der Waals surface area (Å²) in [5, 5.41) is 0. The molecular formula is C15H22BrNO. The first-order valence-corrected chi connectivity index (χ1v) is 7.81. The molecule has 0 amide bonds. The van der Waals surface area contributed by atoms with Gasteiger partial charge in [0.25, 0.3) is 0 Å². The first-order chi connectivity index (χ1) is 8.78. The molecule has 1 aliphatic carbocycles. The van der Waals surface area contributed by atoms with E-state index in [1.807, 2.05) is 12.1 Å². The van der Waals surface area contributed by atoms with Gasteiger partial charge in [0.2, 0.25) is 5.88 Å². The minimum absolute atomic E-state index is 0.726. The predicted molar refractivity (Wildman–Crippen MR) is 77.8 cm³/mol. The Hall–Kier alpha value is -0.570. The van der Waals surface area contributed by atoms with Crippen LogP contribution in [0.3, 0.4) is 0 Å². The van der Waals surface area contributed by atoms with Crippen LogP contribution in [0.15, 0.2) is 22.8 Å². The number of rotatable bonds is 5. The molecule has 1 aromatic heterocycles. The fraction of sp³-hybridized carbons (Fsp3) is 0.667. The molecule has 0 aromatic carbocycles. The molecule has 0 saturated heterocycles. The van der Waals surface area contributed by atoms with E-state index in [1.54, 1.807) is 6.20 Å².